The van der Waals surface area contributed by atoms with Gasteiger partial charge in [-0.05, 0) is 42.7 Å². The number of carbonyl (C=O) groups excluding carboxylic acids is 1. The van der Waals surface area contributed by atoms with Gasteiger partial charge in [-0.25, -0.2) is 4.98 Å². The minimum atomic E-state index is -0.349. The van der Waals surface area contributed by atoms with Crippen molar-refractivity contribution in [1.82, 2.24) is 9.55 Å². The molecule has 2 aromatic carbocycles. The summed E-state index contributed by atoms with van der Waals surface area (Å²) in [4.78, 5) is 20.3. The summed E-state index contributed by atoms with van der Waals surface area (Å²) in [5, 5.41) is 9.19. The van der Waals surface area contributed by atoms with Gasteiger partial charge in [-0.15, -0.1) is 0 Å². The van der Waals surface area contributed by atoms with Gasteiger partial charge in [0.15, 0.2) is 0 Å². The summed E-state index contributed by atoms with van der Waals surface area (Å²) >= 11 is 5.37. The van der Waals surface area contributed by atoms with Gasteiger partial charge in [-0.1, -0.05) is 34.1 Å². The number of hydrogen-bond acceptors (Lipinski definition) is 4. The number of imidazole rings is 1. The summed E-state index contributed by atoms with van der Waals surface area (Å²) in [6.45, 7) is 1.43. The molecule has 7 heteroatoms. The first-order valence-corrected chi connectivity index (χ1v) is 11.8. The quantitative estimate of drug-likeness (QED) is 0.549. The number of halogens is 1. The number of benzene rings is 2. The monoisotopic (exact) mass is 471 g/mol. The van der Waals surface area contributed by atoms with Crippen LogP contribution in [0.2, 0.25) is 0 Å². The number of aryl methyl sites for hydroxylation is 1. The Kier molecular flexibility index (Phi) is 4.92. The van der Waals surface area contributed by atoms with E-state index in [9.17, 15) is 9.90 Å². The molecule has 1 spiro atoms. The highest BCUT2D eigenvalue weighted by atomic mass is 79.9. The maximum absolute atomic E-state index is 13.4. The molecule has 0 bridgehead atoms. The summed E-state index contributed by atoms with van der Waals surface area (Å²) in [5.41, 5.74) is 3.82. The minimum Gasteiger partial charge on any atom is -0.396 e. The summed E-state index contributed by atoms with van der Waals surface area (Å²) in [6.07, 6.45) is 1.62. The number of thioether (sulfide) groups is 1. The van der Waals surface area contributed by atoms with Crippen molar-refractivity contribution in [2.75, 3.05) is 23.0 Å². The van der Waals surface area contributed by atoms with Crippen LogP contribution in [0.4, 0.5) is 5.69 Å². The number of nitrogens with zero attached hydrogens (tertiary/aromatic N) is 3. The fourth-order valence-corrected chi connectivity index (χ4v) is 5.90. The number of carbonyl (C=O) groups is 1. The molecule has 5 nitrogen and oxygen atoms in total. The van der Waals surface area contributed by atoms with Crippen molar-refractivity contribution in [3.8, 4) is 0 Å². The van der Waals surface area contributed by atoms with E-state index in [-0.39, 0.29) is 17.9 Å². The number of amides is 1. The van der Waals surface area contributed by atoms with Crippen LogP contribution in [0.25, 0.3) is 11.0 Å². The van der Waals surface area contributed by atoms with Gasteiger partial charge in [-0.2, -0.15) is 11.8 Å². The fourth-order valence-electron chi connectivity index (χ4n) is 4.38. The largest absolute Gasteiger partial charge is 0.396 e. The first-order valence-electron chi connectivity index (χ1n) is 9.89. The van der Waals surface area contributed by atoms with E-state index in [0.29, 0.717) is 6.54 Å². The highest BCUT2D eigenvalue weighted by Crippen LogP contribution is 2.51. The first-order chi connectivity index (χ1) is 14.1. The summed E-state index contributed by atoms with van der Waals surface area (Å²) in [5.74, 6) is 2.81. The second-order valence-corrected chi connectivity index (χ2v) is 9.63. The van der Waals surface area contributed by atoms with Crippen LogP contribution in [-0.2, 0) is 23.3 Å². The van der Waals surface area contributed by atoms with Crippen molar-refractivity contribution in [1.29, 1.82) is 0 Å². The SMILES string of the molecule is O=C1N(Cc2nc3cc(Br)ccc3n2CCCCO)c2ccccc2C12CSC2. The number of hydrogen-bond donors (Lipinski definition) is 1. The number of unbranched alkanes of at least 4 members (excludes halogenated alkanes) is 1. The molecule has 29 heavy (non-hydrogen) atoms. The van der Waals surface area contributed by atoms with Crippen molar-refractivity contribution in [2.24, 2.45) is 0 Å². The minimum absolute atomic E-state index is 0.186. The second kappa shape index (κ2) is 7.45. The molecule has 1 saturated heterocycles. The zero-order valence-corrected chi connectivity index (χ0v) is 18.4. The zero-order valence-electron chi connectivity index (χ0n) is 16.0. The topological polar surface area (TPSA) is 58.4 Å². The number of rotatable bonds is 6. The van der Waals surface area contributed by atoms with Crippen molar-refractivity contribution in [3.05, 3.63) is 58.3 Å². The Balaban J connectivity index is 1.55. The molecule has 0 aliphatic carbocycles. The molecular weight excluding hydrogens is 450 g/mol. The maximum atomic E-state index is 13.4. The van der Waals surface area contributed by atoms with Crippen molar-refractivity contribution in [2.45, 2.75) is 31.3 Å². The lowest BCUT2D eigenvalue weighted by Gasteiger charge is -2.36. The van der Waals surface area contributed by atoms with E-state index in [1.165, 1.54) is 0 Å². The van der Waals surface area contributed by atoms with Crippen LogP contribution in [0, 0.1) is 0 Å². The molecule has 1 aromatic heterocycles. The Morgan fingerprint density at radius 1 is 1.17 bits per heavy atom. The van der Waals surface area contributed by atoms with E-state index < -0.39 is 0 Å². The molecule has 2 aliphatic rings. The van der Waals surface area contributed by atoms with Crippen LogP contribution in [0.15, 0.2) is 46.9 Å². The van der Waals surface area contributed by atoms with E-state index >= 15 is 0 Å². The van der Waals surface area contributed by atoms with Crippen LogP contribution >= 0.6 is 27.7 Å². The molecule has 0 radical (unpaired) electrons. The van der Waals surface area contributed by atoms with Crippen LogP contribution in [0.1, 0.15) is 24.2 Å². The Hall–Kier alpha value is -1.83. The van der Waals surface area contributed by atoms with Crippen LogP contribution in [0.3, 0.4) is 0 Å². The van der Waals surface area contributed by atoms with Crippen LogP contribution < -0.4 is 4.90 Å². The van der Waals surface area contributed by atoms with Crippen molar-refractivity contribution >= 4 is 50.3 Å². The molecule has 0 unspecified atom stereocenters. The molecule has 1 amide bonds. The van der Waals surface area contributed by atoms with E-state index in [0.717, 1.165) is 63.5 Å². The standard InChI is InChI=1S/C22H22BrN3O2S/c23-15-7-8-19-17(11-15)24-20(25(19)9-3-4-10-27)12-26-18-6-2-1-5-16(18)22(21(26)28)13-29-14-22/h1-2,5-8,11,27H,3-4,9-10,12-14H2. The second-order valence-electron chi connectivity index (χ2n) is 7.73. The first kappa shape index (κ1) is 19.2. The number of aromatic nitrogens is 2. The highest BCUT2D eigenvalue weighted by molar-refractivity contribution is 9.10. The Morgan fingerprint density at radius 3 is 2.76 bits per heavy atom. The number of para-hydroxylation sites is 1. The molecule has 1 N–H and O–H groups in total. The number of fused-ring (bicyclic) bond motifs is 3. The van der Waals surface area contributed by atoms with Gasteiger partial charge in [0, 0.05) is 34.8 Å². The predicted octanol–water partition coefficient (Wildman–Crippen LogP) is 4.10. The van der Waals surface area contributed by atoms with Crippen LogP contribution in [-0.4, -0.2) is 38.7 Å². The number of aliphatic hydroxyl groups excluding tert-OH is 1. The van der Waals surface area contributed by atoms with E-state index in [1.807, 2.05) is 40.9 Å². The third kappa shape index (κ3) is 3.02. The van der Waals surface area contributed by atoms with Gasteiger partial charge in [-0.3, -0.25) is 4.79 Å². The van der Waals surface area contributed by atoms with E-state index in [1.54, 1.807) is 0 Å². The number of aliphatic hydroxyl groups is 1. The Bertz CT molecular complexity index is 1090. The van der Waals surface area contributed by atoms with Gasteiger partial charge in [0.1, 0.15) is 5.82 Å². The molecule has 5 rings (SSSR count). The Labute approximate surface area is 182 Å². The lowest BCUT2D eigenvalue weighted by atomic mass is 9.85. The van der Waals surface area contributed by atoms with Gasteiger partial charge < -0.3 is 14.6 Å². The van der Waals surface area contributed by atoms with Crippen LogP contribution in [0.5, 0.6) is 0 Å². The van der Waals surface area contributed by atoms with Gasteiger partial charge >= 0.3 is 0 Å². The fraction of sp³-hybridized carbons (Fsp3) is 0.364. The third-order valence-electron chi connectivity index (χ3n) is 5.94. The van der Waals surface area contributed by atoms with E-state index in [4.69, 9.17) is 4.98 Å². The Morgan fingerprint density at radius 2 is 2.00 bits per heavy atom. The van der Waals surface area contributed by atoms with Crippen molar-refractivity contribution in [3.63, 3.8) is 0 Å². The van der Waals surface area contributed by atoms with Gasteiger partial charge in [0.25, 0.3) is 0 Å². The smallest absolute Gasteiger partial charge is 0.239 e. The maximum Gasteiger partial charge on any atom is 0.239 e. The average molecular weight is 472 g/mol. The van der Waals surface area contributed by atoms with Gasteiger partial charge in [0.2, 0.25) is 5.91 Å². The van der Waals surface area contributed by atoms with Crippen molar-refractivity contribution < 1.29 is 9.90 Å². The summed E-state index contributed by atoms with van der Waals surface area (Å²) in [6, 6.07) is 14.3. The molecule has 0 atom stereocenters. The molecular formula is C22H22BrN3O2S. The average Bonchev–Trinajstić information content (AvgIpc) is 3.14. The number of anilines is 1. The normalized spacial score (nSPS) is 17.2. The lowest BCUT2D eigenvalue weighted by molar-refractivity contribution is -0.122. The molecule has 2 aliphatic heterocycles. The van der Waals surface area contributed by atoms with E-state index in [2.05, 4.69) is 38.7 Å². The van der Waals surface area contributed by atoms with Gasteiger partial charge in [0.05, 0.1) is 23.0 Å². The summed E-state index contributed by atoms with van der Waals surface area (Å²) < 4.78 is 3.19. The molecule has 0 saturated carbocycles. The molecule has 3 aromatic rings. The lowest BCUT2D eigenvalue weighted by Crippen LogP contribution is -2.49. The molecule has 150 valence electrons. The predicted molar refractivity (Wildman–Crippen MR) is 120 cm³/mol. The highest BCUT2D eigenvalue weighted by Gasteiger charge is 2.55. The molecule has 3 heterocycles. The third-order valence-corrected chi connectivity index (χ3v) is 7.83. The zero-order chi connectivity index (χ0) is 20.0. The molecule has 1 fully saturated rings. The summed E-state index contributed by atoms with van der Waals surface area (Å²) in [7, 11) is 0.